The van der Waals surface area contributed by atoms with E-state index in [1.807, 2.05) is 55.5 Å². The minimum Gasteiger partial charge on any atom is -0.322 e. The summed E-state index contributed by atoms with van der Waals surface area (Å²) in [6, 6.07) is 14.9. The van der Waals surface area contributed by atoms with Crippen LogP contribution in [0.25, 0.3) is 0 Å². The largest absolute Gasteiger partial charge is 0.322 e. The molecule has 0 unspecified atom stereocenters. The normalized spacial score (nSPS) is 14.7. The molecular formula is C19H20N2O2. The first-order valence-corrected chi connectivity index (χ1v) is 7.92. The summed E-state index contributed by atoms with van der Waals surface area (Å²) in [4.78, 5) is 26.1. The Labute approximate surface area is 136 Å². The third kappa shape index (κ3) is 3.59. The Balaban J connectivity index is 1.76. The highest BCUT2D eigenvalue weighted by molar-refractivity contribution is 6.04. The van der Waals surface area contributed by atoms with Crippen LogP contribution in [0.4, 0.5) is 11.4 Å². The van der Waals surface area contributed by atoms with Crippen LogP contribution in [0.5, 0.6) is 0 Å². The van der Waals surface area contributed by atoms with Gasteiger partial charge in [0.05, 0.1) is 0 Å². The molecule has 1 heterocycles. The Hall–Kier alpha value is -2.62. The van der Waals surface area contributed by atoms with Crippen molar-refractivity contribution in [3.8, 4) is 0 Å². The molecule has 0 radical (unpaired) electrons. The van der Waals surface area contributed by atoms with Crippen LogP contribution in [-0.4, -0.2) is 18.4 Å². The second-order valence-corrected chi connectivity index (χ2v) is 5.87. The minimum atomic E-state index is -0.146. The Morgan fingerprint density at radius 2 is 1.87 bits per heavy atom. The molecule has 4 heteroatoms. The minimum absolute atomic E-state index is 0.146. The molecule has 0 spiro atoms. The van der Waals surface area contributed by atoms with Gasteiger partial charge in [-0.3, -0.25) is 9.59 Å². The van der Waals surface area contributed by atoms with Gasteiger partial charge >= 0.3 is 0 Å². The number of anilines is 2. The number of carbonyl (C=O) groups excluding carboxylic acids is 2. The molecule has 1 saturated heterocycles. The topological polar surface area (TPSA) is 49.4 Å². The van der Waals surface area contributed by atoms with E-state index in [-0.39, 0.29) is 11.8 Å². The molecule has 1 N–H and O–H groups in total. The average Bonchev–Trinajstić information content (AvgIpc) is 2.56. The van der Waals surface area contributed by atoms with E-state index in [1.165, 1.54) is 0 Å². The predicted molar refractivity (Wildman–Crippen MR) is 91.8 cm³/mol. The fraction of sp³-hybridized carbons (Fsp3) is 0.263. The van der Waals surface area contributed by atoms with E-state index in [0.29, 0.717) is 17.7 Å². The first-order valence-electron chi connectivity index (χ1n) is 7.92. The van der Waals surface area contributed by atoms with Crippen molar-refractivity contribution in [1.82, 2.24) is 0 Å². The molecule has 1 aliphatic rings. The van der Waals surface area contributed by atoms with E-state index in [0.717, 1.165) is 30.6 Å². The van der Waals surface area contributed by atoms with Crippen molar-refractivity contribution < 1.29 is 9.59 Å². The van der Waals surface area contributed by atoms with Crippen molar-refractivity contribution in [2.24, 2.45) is 0 Å². The quantitative estimate of drug-likeness (QED) is 0.938. The molecule has 0 bridgehead atoms. The second kappa shape index (κ2) is 6.65. The van der Waals surface area contributed by atoms with E-state index < -0.39 is 0 Å². The Kier molecular flexibility index (Phi) is 4.42. The summed E-state index contributed by atoms with van der Waals surface area (Å²) >= 11 is 0. The number of hydrogen-bond acceptors (Lipinski definition) is 2. The average molecular weight is 308 g/mol. The summed E-state index contributed by atoms with van der Waals surface area (Å²) in [5, 5.41) is 2.90. The molecule has 0 aliphatic carbocycles. The molecule has 2 amide bonds. The Bertz CT molecular complexity index is 722. The van der Waals surface area contributed by atoms with Crippen LogP contribution in [-0.2, 0) is 4.79 Å². The second-order valence-electron chi connectivity index (χ2n) is 5.87. The third-order valence-electron chi connectivity index (χ3n) is 4.05. The number of aryl methyl sites for hydroxylation is 1. The molecule has 0 saturated carbocycles. The molecule has 4 nitrogen and oxygen atoms in total. The number of hydrogen-bond donors (Lipinski definition) is 1. The maximum Gasteiger partial charge on any atom is 0.255 e. The number of amides is 2. The SMILES string of the molecule is Cc1ccc(C(=O)Nc2cccc(N3CCCCC3=O)c2)cc1. The fourth-order valence-corrected chi connectivity index (χ4v) is 2.74. The van der Waals surface area contributed by atoms with E-state index in [9.17, 15) is 9.59 Å². The van der Waals surface area contributed by atoms with E-state index in [1.54, 1.807) is 4.90 Å². The number of carbonyl (C=O) groups is 2. The van der Waals surface area contributed by atoms with Crippen LogP contribution in [0, 0.1) is 6.92 Å². The maximum atomic E-state index is 12.3. The van der Waals surface area contributed by atoms with Crippen LogP contribution in [0.1, 0.15) is 35.2 Å². The van der Waals surface area contributed by atoms with E-state index in [2.05, 4.69) is 5.32 Å². The van der Waals surface area contributed by atoms with Crippen LogP contribution < -0.4 is 10.2 Å². The summed E-state index contributed by atoms with van der Waals surface area (Å²) in [6.45, 7) is 2.73. The first kappa shape index (κ1) is 15.3. The molecular weight excluding hydrogens is 288 g/mol. The zero-order valence-corrected chi connectivity index (χ0v) is 13.2. The zero-order valence-electron chi connectivity index (χ0n) is 13.2. The molecule has 0 atom stereocenters. The predicted octanol–water partition coefficient (Wildman–Crippen LogP) is 3.76. The molecule has 1 fully saturated rings. The lowest BCUT2D eigenvalue weighted by Gasteiger charge is -2.27. The van der Waals surface area contributed by atoms with Crippen molar-refractivity contribution in [3.63, 3.8) is 0 Å². The number of rotatable bonds is 3. The van der Waals surface area contributed by atoms with Gasteiger partial charge in [0.1, 0.15) is 0 Å². The van der Waals surface area contributed by atoms with E-state index >= 15 is 0 Å². The van der Waals surface area contributed by atoms with Crippen molar-refractivity contribution in [3.05, 3.63) is 59.7 Å². The Morgan fingerprint density at radius 3 is 2.61 bits per heavy atom. The fourth-order valence-electron chi connectivity index (χ4n) is 2.74. The van der Waals surface area contributed by atoms with Gasteiger partial charge in [-0.1, -0.05) is 23.8 Å². The lowest BCUT2D eigenvalue weighted by molar-refractivity contribution is -0.119. The van der Waals surface area contributed by atoms with Gasteiger partial charge in [-0.25, -0.2) is 0 Å². The molecule has 23 heavy (non-hydrogen) atoms. The lowest BCUT2D eigenvalue weighted by Crippen LogP contribution is -2.35. The summed E-state index contributed by atoms with van der Waals surface area (Å²) < 4.78 is 0. The van der Waals surface area contributed by atoms with Gasteiger partial charge in [-0.2, -0.15) is 0 Å². The number of benzene rings is 2. The van der Waals surface area contributed by atoms with Gasteiger partial charge in [0.25, 0.3) is 5.91 Å². The van der Waals surface area contributed by atoms with Crippen LogP contribution in [0.3, 0.4) is 0 Å². The van der Waals surface area contributed by atoms with Crippen molar-refractivity contribution >= 4 is 23.2 Å². The summed E-state index contributed by atoms with van der Waals surface area (Å²) in [6.07, 6.45) is 2.57. The molecule has 3 rings (SSSR count). The Morgan fingerprint density at radius 1 is 1.09 bits per heavy atom. The van der Waals surface area contributed by atoms with Crippen molar-refractivity contribution in [2.75, 3.05) is 16.8 Å². The first-order chi connectivity index (χ1) is 11.1. The standard InChI is InChI=1S/C19H20N2O2/c1-14-8-10-15(11-9-14)19(23)20-16-5-4-6-17(13-16)21-12-3-2-7-18(21)22/h4-6,8-11,13H,2-3,7,12H2,1H3,(H,20,23). The zero-order chi connectivity index (χ0) is 16.2. The third-order valence-corrected chi connectivity index (χ3v) is 4.05. The van der Waals surface area contributed by atoms with Crippen molar-refractivity contribution in [1.29, 1.82) is 0 Å². The van der Waals surface area contributed by atoms with Gasteiger partial charge in [0.2, 0.25) is 5.91 Å². The highest BCUT2D eigenvalue weighted by atomic mass is 16.2. The van der Waals surface area contributed by atoms with Gasteiger partial charge < -0.3 is 10.2 Å². The number of nitrogens with one attached hydrogen (secondary N) is 1. The number of piperidine rings is 1. The van der Waals surface area contributed by atoms with Crippen LogP contribution >= 0.6 is 0 Å². The molecule has 118 valence electrons. The maximum absolute atomic E-state index is 12.3. The highest BCUT2D eigenvalue weighted by Gasteiger charge is 2.19. The monoisotopic (exact) mass is 308 g/mol. The smallest absolute Gasteiger partial charge is 0.255 e. The summed E-state index contributed by atoms with van der Waals surface area (Å²) in [5.41, 5.74) is 3.28. The lowest BCUT2D eigenvalue weighted by atomic mass is 10.1. The highest BCUT2D eigenvalue weighted by Crippen LogP contribution is 2.24. The van der Waals surface area contributed by atoms with E-state index in [4.69, 9.17) is 0 Å². The van der Waals surface area contributed by atoms with Gasteiger partial charge in [0, 0.05) is 29.9 Å². The molecule has 1 aliphatic heterocycles. The van der Waals surface area contributed by atoms with Gasteiger partial charge in [-0.05, 0) is 50.1 Å². The molecule has 2 aromatic rings. The summed E-state index contributed by atoms with van der Waals surface area (Å²) in [7, 11) is 0. The summed E-state index contributed by atoms with van der Waals surface area (Å²) in [5.74, 6) is 0.00498. The van der Waals surface area contributed by atoms with Crippen LogP contribution in [0.2, 0.25) is 0 Å². The van der Waals surface area contributed by atoms with Crippen LogP contribution in [0.15, 0.2) is 48.5 Å². The van der Waals surface area contributed by atoms with Crippen molar-refractivity contribution in [2.45, 2.75) is 26.2 Å². The molecule has 0 aromatic heterocycles. The van der Waals surface area contributed by atoms with Gasteiger partial charge in [-0.15, -0.1) is 0 Å². The molecule has 2 aromatic carbocycles. The number of nitrogens with zero attached hydrogens (tertiary/aromatic N) is 1. The van der Waals surface area contributed by atoms with Gasteiger partial charge in [0.15, 0.2) is 0 Å².